The molecule has 1 aliphatic rings. The van der Waals surface area contributed by atoms with Crippen LogP contribution in [0, 0.1) is 5.82 Å². The number of hydrogen-bond acceptors (Lipinski definition) is 4. The van der Waals surface area contributed by atoms with Crippen molar-refractivity contribution in [3.63, 3.8) is 0 Å². The largest absolute Gasteiger partial charge is 0.481 e. The predicted octanol–water partition coefficient (Wildman–Crippen LogP) is 4.95. The Morgan fingerprint density at radius 2 is 2.00 bits per heavy atom. The van der Waals surface area contributed by atoms with Crippen molar-refractivity contribution in [2.75, 3.05) is 7.11 Å². The third-order valence-corrected chi connectivity index (χ3v) is 6.11. The van der Waals surface area contributed by atoms with Crippen LogP contribution in [0.5, 0.6) is 5.88 Å². The summed E-state index contributed by atoms with van der Waals surface area (Å²) in [6.45, 7) is 2.95. The number of amides is 1. The van der Waals surface area contributed by atoms with Crippen LogP contribution in [0.25, 0.3) is 0 Å². The standard InChI is InChI=1S/C20H19F3N2O2S/c1-12(14-6-4-5-7-15(14)21)10-17-25-18(26)19(2,28-17)20(22,23)13-8-9-24-16(11-13)27-3/h4-9,11-12H,10H2,1-3H3/t12-,19?/m1/s1. The Labute approximate surface area is 165 Å². The number of aromatic nitrogens is 1. The number of benzene rings is 1. The molecule has 1 aliphatic heterocycles. The Morgan fingerprint density at radius 3 is 2.68 bits per heavy atom. The highest BCUT2D eigenvalue weighted by atomic mass is 32.2. The van der Waals surface area contributed by atoms with E-state index in [4.69, 9.17) is 4.74 Å². The molecule has 2 aromatic rings. The summed E-state index contributed by atoms with van der Waals surface area (Å²) in [5.74, 6) is -5.06. The van der Waals surface area contributed by atoms with Crippen molar-refractivity contribution < 1.29 is 22.7 Å². The number of hydrogen-bond donors (Lipinski definition) is 0. The monoisotopic (exact) mass is 408 g/mol. The third kappa shape index (κ3) is 3.53. The van der Waals surface area contributed by atoms with Gasteiger partial charge in [-0.3, -0.25) is 4.79 Å². The van der Waals surface area contributed by atoms with E-state index in [1.54, 1.807) is 25.1 Å². The molecular weight excluding hydrogens is 389 g/mol. The fourth-order valence-corrected chi connectivity index (χ4v) is 4.36. The van der Waals surface area contributed by atoms with Gasteiger partial charge >= 0.3 is 0 Å². The molecule has 148 valence electrons. The van der Waals surface area contributed by atoms with Crippen molar-refractivity contribution in [3.05, 3.63) is 59.5 Å². The average molecular weight is 408 g/mol. The van der Waals surface area contributed by atoms with E-state index in [0.29, 0.717) is 5.56 Å². The molecule has 3 rings (SSSR count). The summed E-state index contributed by atoms with van der Waals surface area (Å²) in [7, 11) is 1.33. The maximum absolute atomic E-state index is 15.3. The van der Waals surface area contributed by atoms with Crippen LogP contribution < -0.4 is 4.74 Å². The van der Waals surface area contributed by atoms with Gasteiger partial charge in [0.15, 0.2) is 4.75 Å². The van der Waals surface area contributed by atoms with Crippen molar-refractivity contribution in [3.8, 4) is 5.88 Å². The average Bonchev–Trinajstić information content (AvgIpc) is 2.97. The number of thioether (sulfide) groups is 1. The number of methoxy groups -OCH3 is 1. The summed E-state index contributed by atoms with van der Waals surface area (Å²) in [5.41, 5.74) is 0.0822. The first-order valence-corrected chi connectivity index (χ1v) is 9.44. The second kappa shape index (κ2) is 7.58. The Balaban J connectivity index is 1.83. The van der Waals surface area contributed by atoms with E-state index in [9.17, 15) is 9.18 Å². The fourth-order valence-electron chi connectivity index (χ4n) is 3.05. The Hall–Kier alpha value is -2.35. The van der Waals surface area contributed by atoms with E-state index in [2.05, 4.69) is 9.98 Å². The first kappa shape index (κ1) is 20.4. The Morgan fingerprint density at radius 1 is 1.29 bits per heavy atom. The number of alkyl halides is 2. The quantitative estimate of drug-likeness (QED) is 0.679. The lowest BCUT2D eigenvalue weighted by Crippen LogP contribution is -2.44. The normalized spacial score (nSPS) is 20.8. The van der Waals surface area contributed by atoms with Gasteiger partial charge in [0, 0.05) is 24.2 Å². The molecule has 0 fully saturated rings. The van der Waals surface area contributed by atoms with E-state index in [1.165, 1.54) is 26.3 Å². The number of nitrogens with zero attached hydrogens (tertiary/aromatic N) is 2. The van der Waals surface area contributed by atoms with E-state index in [0.717, 1.165) is 23.9 Å². The lowest BCUT2D eigenvalue weighted by molar-refractivity contribution is -0.130. The lowest BCUT2D eigenvalue weighted by Gasteiger charge is -2.31. The molecule has 0 aliphatic carbocycles. The smallest absolute Gasteiger partial charge is 0.296 e. The molecule has 0 N–H and O–H groups in total. The van der Waals surface area contributed by atoms with Crippen molar-refractivity contribution in [2.45, 2.75) is 36.9 Å². The van der Waals surface area contributed by atoms with E-state index in [1.807, 2.05) is 0 Å². The highest BCUT2D eigenvalue weighted by molar-refractivity contribution is 8.16. The van der Waals surface area contributed by atoms with E-state index in [-0.39, 0.29) is 34.6 Å². The van der Waals surface area contributed by atoms with Gasteiger partial charge in [0.1, 0.15) is 5.82 Å². The molecule has 2 heterocycles. The summed E-state index contributed by atoms with van der Waals surface area (Å²) in [6, 6.07) is 8.53. The van der Waals surface area contributed by atoms with Crippen molar-refractivity contribution in [1.29, 1.82) is 0 Å². The number of ether oxygens (including phenoxy) is 1. The molecule has 0 saturated heterocycles. The van der Waals surface area contributed by atoms with Crippen LogP contribution in [0.3, 0.4) is 0 Å². The highest BCUT2D eigenvalue weighted by Gasteiger charge is 2.60. The van der Waals surface area contributed by atoms with Gasteiger partial charge in [-0.2, -0.15) is 8.78 Å². The first-order chi connectivity index (χ1) is 13.2. The number of rotatable bonds is 6. The van der Waals surface area contributed by atoms with Gasteiger partial charge in [-0.15, -0.1) is 0 Å². The number of carbonyl (C=O) groups is 1. The molecule has 4 nitrogen and oxygen atoms in total. The molecule has 0 saturated carbocycles. The van der Waals surface area contributed by atoms with E-state index >= 15 is 8.78 Å². The number of pyridine rings is 1. The molecule has 1 aromatic heterocycles. The summed E-state index contributed by atoms with van der Waals surface area (Å²) in [4.78, 5) is 20.1. The minimum Gasteiger partial charge on any atom is -0.481 e. The van der Waals surface area contributed by atoms with Crippen LogP contribution in [0.4, 0.5) is 13.2 Å². The minimum absolute atomic E-state index is 0.0329. The van der Waals surface area contributed by atoms with Crippen molar-refractivity contribution >= 4 is 22.7 Å². The molecule has 8 heteroatoms. The fraction of sp³-hybridized carbons (Fsp3) is 0.350. The summed E-state index contributed by atoms with van der Waals surface area (Å²) in [5, 5.41) is 0.268. The number of carbonyl (C=O) groups excluding carboxylic acids is 1. The van der Waals surface area contributed by atoms with Crippen LogP contribution in [-0.4, -0.2) is 27.8 Å². The lowest BCUT2D eigenvalue weighted by atomic mass is 9.95. The zero-order valence-corrected chi connectivity index (χ0v) is 16.4. The highest BCUT2D eigenvalue weighted by Crippen LogP contribution is 2.52. The van der Waals surface area contributed by atoms with Gasteiger partial charge < -0.3 is 4.74 Å². The van der Waals surface area contributed by atoms with Crippen molar-refractivity contribution in [1.82, 2.24) is 4.98 Å². The SMILES string of the molecule is COc1cc(C(F)(F)C2(C)SC(C[C@@H](C)c3ccccc3F)=NC2=O)ccn1. The molecular formula is C20H19F3N2O2S. The third-order valence-electron chi connectivity index (χ3n) is 4.78. The molecule has 1 amide bonds. The van der Waals surface area contributed by atoms with Gasteiger partial charge in [0.25, 0.3) is 11.8 Å². The van der Waals surface area contributed by atoms with Crippen LogP contribution in [0.1, 0.15) is 37.3 Å². The van der Waals surface area contributed by atoms with Crippen LogP contribution in [0.2, 0.25) is 0 Å². The van der Waals surface area contributed by atoms with Gasteiger partial charge in [-0.05, 0) is 30.5 Å². The number of halogens is 3. The molecule has 0 radical (unpaired) electrons. The maximum Gasteiger partial charge on any atom is 0.296 e. The maximum atomic E-state index is 15.3. The molecule has 28 heavy (non-hydrogen) atoms. The Kier molecular flexibility index (Phi) is 5.52. The second-order valence-corrected chi connectivity index (χ2v) is 8.23. The predicted molar refractivity (Wildman–Crippen MR) is 103 cm³/mol. The van der Waals surface area contributed by atoms with Gasteiger partial charge in [0.2, 0.25) is 5.88 Å². The molecule has 0 bridgehead atoms. The molecule has 1 unspecified atom stereocenters. The molecule has 2 atom stereocenters. The van der Waals surface area contributed by atoms with Crippen LogP contribution >= 0.6 is 11.8 Å². The molecule has 1 aromatic carbocycles. The van der Waals surface area contributed by atoms with Crippen LogP contribution in [0.15, 0.2) is 47.6 Å². The second-order valence-electron chi connectivity index (χ2n) is 6.73. The summed E-state index contributed by atoms with van der Waals surface area (Å²) < 4.78 is 47.3. The summed E-state index contributed by atoms with van der Waals surface area (Å²) in [6.07, 6.45) is 1.40. The zero-order valence-electron chi connectivity index (χ0n) is 15.6. The number of aliphatic imine (C=N–C) groups is 1. The first-order valence-electron chi connectivity index (χ1n) is 8.63. The van der Waals surface area contributed by atoms with Gasteiger partial charge in [0.05, 0.1) is 12.2 Å². The van der Waals surface area contributed by atoms with Gasteiger partial charge in [-0.25, -0.2) is 14.4 Å². The summed E-state index contributed by atoms with van der Waals surface area (Å²) >= 11 is 0.732. The minimum atomic E-state index is -3.50. The topological polar surface area (TPSA) is 51.5 Å². The van der Waals surface area contributed by atoms with Crippen LogP contribution in [-0.2, 0) is 10.7 Å². The van der Waals surface area contributed by atoms with E-state index < -0.39 is 16.6 Å². The van der Waals surface area contributed by atoms with Crippen molar-refractivity contribution in [2.24, 2.45) is 4.99 Å². The zero-order chi connectivity index (χ0) is 20.5. The van der Waals surface area contributed by atoms with Gasteiger partial charge in [-0.1, -0.05) is 36.9 Å². The Bertz CT molecular complexity index is 935. The molecule has 0 spiro atoms.